The van der Waals surface area contributed by atoms with Crippen LogP contribution in [0.2, 0.25) is 0 Å². The van der Waals surface area contributed by atoms with E-state index in [0.29, 0.717) is 34.0 Å². The summed E-state index contributed by atoms with van der Waals surface area (Å²) in [6.45, 7) is 1.84. The molecule has 25 heavy (non-hydrogen) atoms. The van der Waals surface area contributed by atoms with E-state index in [9.17, 15) is 9.59 Å². The lowest BCUT2D eigenvalue weighted by Crippen LogP contribution is -2.23. The van der Waals surface area contributed by atoms with E-state index in [2.05, 4.69) is 15.5 Å². The van der Waals surface area contributed by atoms with E-state index in [1.807, 2.05) is 0 Å². The Balaban J connectivity index is 1.60. The zero-order chi connectivity index (χ0) is 17.6. The molecule has 4 rings (SSSR count). The van der Waals surface area contributed by atoms with Crippen molar-refractivity contribution in [2.24, 2.45) is 0 Å². The fourth-order valence-corrected chi connectivity index (χ4v) is 2.73. The van der Waals surface area contributed by atoms with Crippen LogP contribution in [0.25, 0.3) is 11.1 Å². The second-order valence-electron chi connectivity index (χ2n) is 6.07. The van der Waals surface area contributed by atoms with Crippen LogP contribution in [0.1, 0.15) is 56.8 Å². The molecule has 0 saturated heterocycles. The highest BCUT2D eigenvalue weighted by molar-refractivity contribution is 6.06. The molecule has 3 aromatic rings. The van der Waals surface area contributed by atoms with Crippen LogP contribution < -0.4 is 5.32 Å². The molecule has 1 aliphatic rings. The first-order valence-electron chi connectivity index (χ1n) is 7.90. The number of carboxylic acids is 1. The Morgan fingerprint density at radius 2 is 2.16 bits per heavy atom. The lowest BCUT2D eigenvalue weighted by Gasteiger charge is -2.07. The minimum atomic E-state index is -1.15. The Labute approximate surface area is 141 Å². The predicted octanol–water partition coefficient (Wildman–Crippen LogP) is 2.63. The quantitative estimate of drug-likeness (QED) is 0.732. The maximum atomic E-state index is 12.7. The van der Waals surface area contributed by atoms with Crippen LogP contribution in [0.4, 0.5) is 0 Å². The van der Waals surface area contributed by atoms with Gasteiger partial charge in [0.25, 0.3) is 11.6 Å². The molecular formula is C17H15N3O5. The largest absolute Gasteiger partial charge is 0.475 e. The number of fused-ring (bicyclic) bond motifs is 1. The minimum absolute atomic E-state index is 0.0824. The number of carboxylic acid groups (broad SMARTS) is 1. The fraction of sp³-hybridized carbons (Fsp3) is 0.294. The van der Waals surface area contributed by atoms with Gasteiger partial charge in [0.05, 0.1) is 23.2 Å². The summed E-state index contributed by atoms with van der Waals surface area (Å²) >= 11 is 0. The maximum absolute atomic E-state index is 12.7. The number of rotatable bonds is 5. The number of carbonyl (C=O) groups excluding carboxylic acids is 1. The summed E-state index contributed by atoms with van der Waals surface area (Å²) in [5.74, 6) is -0.900. The molecule has 2 N–H and O–H groups in total. The third kappa shape index (κ3) is 2.86. The molecule has 0 radical (unpaired) electrons. The number of aromatic nitrogens is 2. The summed E-state index contributed by atoms with van der Waals surface area (Å²) in [6.07, 6.45) is 2.11. The molecule has 0 unspecified atom stereocenters. The number of nitrogens with one attached hydrogen (secondary N) is 1. The van der Waals surface area contributed by atoms with Gasteiger partial charge in [0, 0.05) is 11.6 Å². The molecule has 3 heterocycles. The van der Waals surface area contributed by atoms with Gasteiger partial charge in [-0.3, -0.25) is 4.79 Å². The number of aryl methyl sites for hydroxylation is 1. The van der Waals surface area contributed by atoms with Crippen LogP contribution in [0.15, 0.2) is 27.1 Å². The van der Waals surface area contributed by atoms with Gasteiger partial charge in [-0.05, 0) is 38.0 Å². The SMILES string of the molecule is Cc1noc2nc(C3CC3)cc(C(=O)NCc3ccc(C(=O)O)o3)c12. The smallest absolute Gasteiger partial charge is 0.371 e. The number of aromatic carboxylic acids is 1. The highest BCUT2D eigenvalue weighted by Crippen LogP contribution is 2.40. The van der Waals surface area contributed by atoms with Crippen molar-refractivity contribution in [1.29, 1.82) is 0 Å². The molecule has 1 aliphatic carbocycles. The van der Waals surface area contributed by atoms with Gasteiger partial charge in [-0.1, -0.05) is 5.16 Å². The van der Waals surface area contributed by atoms with Crippen molar-refractivity contribution in [3.63, 3.8) is 0 Å². The molecule has 0 aromatic carbocycles. The van der Waals surface area contributed by atoms with E-state index in [1.54, 1.807) is 13.0 Å². The number of pyridine rings is 1. The Morgan fingerprint density at radius 1 is 1.36 bits per heavy atom. The molecule has 8 nitrogen and oxygen atoms in total. The number of hydrogen-bond donors (Lipinski definition) is 2. The lowest BCUT2D eigenvalue weighted by molar-refractivity contribution is 0.0660. The summed E-state index contributed by atoms with van der Waals surface area (Å²) in [7, 11) is 0. The maximum Gasteiger partial charge on any atom is 0.371 e. The van der Waals surface area contributed by atoms with Crippen LogP contribution in [-0.4, -0.2) is 27.1 Å². The first-order valence-corrected chi connectivity index (χ1v) is 7.90. The minimum Gasteiger partial charge on any atom is -0.475 e. The van der Waals surface area contributed by atoms with Crippen molar-refractivity contribution < 1.29 is 23.6 Å². The van der Waals surface area contributed by atoms with E-state index in [0.717, 1.165) is 18.5 Å². The molecule has 0 atom stereocenters. The van der Waals surface area contributed by atoms with Crippen LogP contribution in [0.5, 0.6) is 0 Å². The zero-order valence-corrected chi connectivity index (χ0v) is 13.4. The first kappa shape index (κ1) is 15.4. The lowest BCUT2D eigenvalue weighted by atomic mass is 10.1. The summed E-state index contributed by atoms with van der Waals surface area (Å²) in [5.41, 5.74) is 2.25. The third-order valence-electron chi connectivity index (χ3n) is 4.17. The first-order chi connectivity index (χ1) is 12.0. The van der Waals surface area contributed by atoms with Gasteiger partial charge in [0.15, 0.2) is 0 Å². The number of nitrogens with zero attached hydrogens (tertiary/aromatic N) is 2. The van der Waals surface area contributed by atoms with E-state index >= 15 is 0 Å². The summed E-state index contributed by atoms with van der Waals surface area (Å²) in [6, 6.07) is 4.65. The predicted molar refractivity (Wildman–Crippen MR) is 85.4 cm³/mol. The van der Waals surface area contributed by atoms with E-state index < -0.39 is 5.97 Å². The van der Waals surface area contributed by atoms with Crippen LogP contribution >= 0.6 is 0 Å². The normalized spacial score (nSPS) is 14.0. The Morgan fingerprint density at radius 3 is 2.84 bits per heavy atom. The molecule has 8 heteroatoms. The standard InChI is InChI=1S/C17H15N3O5/c1-8-14-11(6-12(9-2-3-9)19-16(14)25-20-8)15(21)18-7-10-4-5-13(24-10)17(22)23/h4-6,9H,2-3,7H2,1H3,(H,18,21)(H,22,23). The highest BCUT2D eigenvalue weighted by Gasteiger charge is 2.28. The average Bonchev–Trinajstić information content (AvgIpc) is 3.22. The van der Waals surface area contributed by atoms with Gasteiger partial charge in [0.1, 0.15) is 5.76 Å². The number of amides is 1. The molecular weight excluding hydrogens is 326 g/mol. The monoisotopic (exact) mass is 341 g/mol. The van der Waals surface area contributed by atoms with Gasteiger partial charge in [-0.15, -0.1) is 0 Å². The molecule has 1 saturated carbocycles. The second kappa shape index (κ2) is 5.73. The van der Waals surface area contributed by atoms with Gasteiger partial charge >= 0.3 is 5.97 Å². The summed E-state index contributed by atoms with van der Waals surface area (Å²) in [5, 5.41) is 16.1. The topological polar surface area (TPSA) is 118 Å². The Hall–Kier alpha value is -3.16. The van der Waals surface area contributed by atoms with Crippen molar-refractivity contribution in [2.75, 3.05) is 0 Å². The molecule has 1 amide bonds. The average molecular weight is 341 g/mol. The van der Waals surface area contributed by atoms with E-state index in [1.165, 1.54) is 12.1 Å². The Kier molecular flexibility index (Phi) is 3.52. The molecule has 1 fully saturated rings. The van der Waals surface area contributed by atoms with Crippen molar-refractivity contribution in [2.45, 2.75) is 32.2 Å². The fourth-order valence-electron chi connectivity index (χ4n) is 2.73. The molecule has 0 spiro atoms. The van der Waals surface area contributed by atoms with Crippen LogP contribution in [0, 0.1) is 6.92 Å². The second-order valence-corrected chi connectivity index (χ2v) is 6.07. The van der Waals surface area contributed by atoms with Crippen LogP contribution in [-0.2, 0) is 6.54 Å². The van der Waals surface area contributed by atoms with Crippen molar-refractivity contribution in [3.8, 4) is 0 Å². The van der Waals surface area contributed by atoms with Crippen LogP contribution in [0.3, 0.4) is 0 Å². The van der Waals surface area contributed by atoms with Crippen molar-refractivity contribution >= 4 is 23.0 Å². The molecule has 0 aliphatic heterocycles. The van der Waals surface area contributed by atoms with Gasteiger partial charge < -0.3 is 19.4 Å². The number of furan rings is 1. The van der Waals surface area contributed by atoms with E-state index in [4.69, 9.17) is 14.0 Å². The molecule has 3 aromatic heterocycles. The highest BCUT2D eigenvalue weighted by atomic mass is 16.5. The summed E-state index contributed by atoms with van der Waals surface area (Å²) in [4.78, 5) is 27.9. The van der Waals surface area contributed by atoms with Crippen molar-refractivity contribution in [1.82, 2.24) is 15.5 Å². The Bertz CT molecular complexity index is 983. The number of carbonyl (C=O) groups is 2. The number of hydrogen-bond acceptors (Lipinski definition) is 6. The van der Waals surface area contributed by atoms with Gasteiger partial charge in [0.2, 0.25) is 5.76 Å². The van der Waals surface area contributed by atoms with E-state index in [-0.39, 0.29) is 18.2 Å². The molecule has 128 valence electrons. The van der Waals surface area contributed by atoms with Crippen molar-refractivity contribution in [3.05, 3.63) is 46.7 Å². The van der Waals surface area contributed by atoms with Gasteiger partial charge in [-0.2, -0.15) is 0 Å². The zero-order valence-electron chi connectivity index (χ0n) is 13.4. The summed E-state index contributed by atoms with van der Waals surface area (Å²) < 4.78 is 10.4. The third-order valence-corrected chi connectivity index (χ3v) is 4.17. The van der Waals surface area contributed by atoms with Gasteiger partial charge in [-0.25, -0.2) is 9.78 Å². The molecule has 0 bridgehead atoms.